The van der Waals surface area contributed by atoms with Crippen LogP contribution in [0.2, 0.25) is 0 Å². The van der Waals surface area contributed by atoms with E-state index in [9.17, 15) is 4.39 Å². The van der Waals surface area contributed by atoms with Gasteiger partial charge in [0.05, 0.1) is 0 Å². The van der Waals surface area contributed by atoms with Crippen molar-refractivity contribution in [3.8, 4) is 0 Å². The summed E-state index contributed by atoms with van der Waals surface area (Å²) < 4.78 is 18.8. The number of hydrogen-bond donors (Lipinski definition) is 2. The normalized spacial score (nSPS) is 17.0. The van der Waals surface area contributed by atoms with Crippen LogP contribution in [0, 0.1) is 12.7 Å². The van der Waals surface area contributed by atoms with E-state index < -0.39 is 0 Å². The fourth-order valence-electron chi connectivity index (χ4n) is 3.07. The molecule has 1 aromatic carbocycles. The van der Waals surface area contributed by atoms with E-state index in [-0.39, 0.29) is 17.2 Å². The molecule has 0 atom stereocenters. The number of hydrogen-bond acceptors (Lipinski definition) is 5. The number of anilines is 2. The van der Waals surface area contributed by atoms with Gasteiger partial charge < -0.3 is 15.8 Å². The molecule has 6 heteroatoms. The van der Waals surface area contributed by atoms with Gasteiger partial charge in [0.15, 0.2) is 0 Å². The minimum atomic E-state index is -0.219. The second-order valence-corrected chi connectivity index (χ2v) is 6.01. The predicted octanol–water partition coefficient (Wildman–Crippen LogP) is 2.67. The topological polar surface area (TPSA) is 73.1 Å². The molecule has 1 aliphatic heterocycles. The van der Waals surface area contributed by atoms with Gasteiger partial charge in [-0.2, -0.15) is 4.98 Å². The first-order chi connectivity index (χ1) is 11.1. The summed E-state index contributed by atoms with van der Waals surface area (Å²) in [6.45, 7) is 3.97. The van der Waals surface area contributed by atoms with Gasteiger partial charge >= 0.3 is 0 Å². The number of halogens is 1. The number of nitrogens with zero attached hydrogens (tertiary/aromatic N) is 2. The lowest BCUT2D eigenvalue weighted by molar-refractivity contribution is 0.0543. The summed E-state index contributed by atoms with van der Waals surface area (Å²) in [5.74, 6) is 0.751. The highest BCUT2D eigenvalue weighted by molar-refractivity contribution is 5.42. The van der Waals surface area contributed by atoms with E-state index >= 15 is 0 Å². The van der Waals surface area contributed by atoms with Crippen LogP contribution in [0.15, 0.2) is 30.3 Å². The number of ether oxygens (including phenoxy) is 1. The van der Waals surface area contributed by atoms with E-state index in [1.54, 1.807) is 0 Å². The van der Waals surface area contributed by atoms with Crippen molar-refractivity contribution in [2.24, 2.45) is 0 Å². The Morgan fingerprint density at radius 2 is 1.91 bits per heavy atom. The summed E-state index contributed by atoms with van der Waals surface area (Å²) in [7, 11) is 0. The number of benzene rings is 1. The second kappa shape index (κ2) is 6.50. The van der Waals surface area contributed by atoms with Crippen LogP contribution in [0.4, 0.5) is 16.2 Å². The fraction of sp³-hybridized carbons (Fsp3) is 0.412. The third kappa shape index (κ3) is 3.59. The third-order valence-electron chi connectivity index (χ3n) is 4.39. The standard InChI is InChI=1S/C17H21FN4O/c1-12-10-15(22-16(19)21-12)20-11-17(6-8-23-9-7-17)13-2-4-14(18)5-3-13/h2-5,10H,6-9,11H2,1H3,(H3,19,20,21,22). The van der Waals surface area contributed by atoms with Crippen molar-refractivity contribution in [2.75, 3.05) is 30.8 Å². The molecule has 2 heterocycles. The molecule has 5 nitrogen and oxygen atoms in total. The first-order valence-corrected chi connectivity index (χ1v) is 7.76. The molecule has 1 fully saturated rings. The third-order valence-corrected chi connectivity index (χ3v) is 4.39. The van der Waals surface area contributed by atoms with Crippen LogP contribution < -0.4 is 11.1 Å². The molecule has 0 radical (unpaired) electrons. The first kappa shape index (κ1) is 15.7. The van der Waals surface area contributed by atoms with Crippen molar-refractivity contribution in [1.82, 2.24) is 9.97 Å². The average Bonchev–Trinajstić information content (AvgIpc) is 2.54. The Morgan fingerprint density at radius 1 is 1.22 bits per heavy atom. The molecule has 0 aliphatic carbocycles. The SMILES string of the molecule is Cc1cc(NCC2(c3ccc(F)cc3)CCOCC2)nc(N)n1. The van der Waals surface area contributed by atoms with Gasteiger partial charge in [0.25, 0.3) is 0 Å². The molecule has 0 bridgehead atoms. The number of nitrogen functional groups attached to an aromatic ring is 1. The van der Waals surface area contributed by atoms with Crippen LogP contribution in [-0.2, 0) is 10.2 Å². The highest BCUT2D eigenvalue weighted by Gasteiger charge is 2.34. The van der Waals surface area contributed by atoms with Crippen molar-refractivity contribution in [2.45, 2.75) is 25.2 Å². The molecular weight excluding hydrogens is 295 g/mol. The number of rotatable bonds is 4. The van der Waals surface area contributed by atoms with Crippen molar-refractivity contribution in [3.63, 3.8) is 0 Å². The zero-order valence-electron chi connectivity index (χ0n) is 13.2. The molecule has 0 spiro atoms. The van der Waals surface area contributed by atoms with Gasteiger partial charge in [-0.25, -0.2) is 9.37 Å². The zero-order valence-corrected chi connectivity index (χ0v) is 13.2. The monoisotopic (exact) mass is 316 g/mol. The van der Waals surface area contributed by atoms with E-state index in [0.717, 1.165) is 24.1 Å². The van der Waals surface area contributed by atoms with Gasteiger partial charge in [-0.1, -0.05) is 12.1 Å². The quantitative estimate of drug-likeness (QED) is 0.907. The summed E-state index contributed by atoms with van der Waals surface area (Å²) in [5.41, 5.74) is 7.55. The molecule has 122 valence electrons. The predicted molar refractivity (Wildman–Crippen MR) is 87.8 cm³/mol. The number of aryl methyl sites for hydroxylation is 1. The lowest BCUT2D eigenvalue weighted by Crippen LogP contribution is -2.40. The second-order valence-electron chi connectivity index (χ2n) is 6.01. The van der Waals surface area contributed by atoms with Gasteiger partial charge in [-0.05, 0) is 37.5 Å². The Bertz CT molecular complexity index is 649. The Labute approximate surface area is 135 Å². The lowest BCUT2D eigenvalue weighted by Gasteiger charge is -2.38. The summed E-state index contributed by atoms with van der Waals surface area (Å²) in [4.78, 5) is 8.30. The van der Waals surface area contributed by atoms with Crippen LogP contribution in [0.1, 0.15) is 24.1 Å². The van der Waals surface area contributed by atoms with Crippen molar-refractivity contribution in [1.29, 1.82) is 0 Å². The maximum absolute atomic E-state index is 13.2. The molecular formula is C17H21FN4O. The number of aromatic nitrogens is 2. The fourth-order valence-corrected chi connectivity index (χ4v) is 3.07. The summed E-state index contributed by atoms with van der Waals surface area (Å²) in [6, 6.07) is 8.62. The highest BCUT2D eigenvalue weighted by atomic mass is 19.1. The summed E-state index contributed by atoms with van der Waals surface area (Å²) in [5, 5.41) is 3.37. The maximum atomic E-state index is 13.2. The van der Waals surface area contributed by atoms with E-state index in [1.165, 1.54) is 12.1 Å². The van der Waals surface area contributed by atoms with Gasteiger partial charge in [-0.15, -0.1) is 0 Å². The van der Waals surface area contributed by atoms with E-state index in [2.05, 4.69) is 15.3 Å². The molecule has 1 saturated heterocycles. The van der Waals surface area contributed by atoms with Crippen LogP contribution in [0.5, 0.6) is 0 Å². The summed E-state index contributed by atoms with van der Waals surface area (Å²) >= 11 is 0. The van der Waals surface area contributed by atoms with Gasteiger partial charge in [-0.3, -0.25) is 0 Å². The van der Waals surface area contributed by atoms with E-state index in [0.29, 0.717) is 25.6 Å². The Balaban J connectivity index is 1.83. The number of nitrogens with one attached hydrogen (secondary N) is 1. The Morgan fingerprint density at radius 3 is 2.57 bits per heavy atom. The van der Waals surface area contributed by atoms with E-state index in [4.69, 9.17) is 10.5 Å². The van der Waals surface area contributed by atoms with Crippen LogP contribution in [0.3, 0.4) is 0 Å². The maximum Gasteiger partial charge on any atom is 0.222 e. The van der Waals surface area contributed by atoms with Crippen LogP contribution in [0.25, 0.3) is 0 Å². The first-order valence-electron chi connectivity index (χ1n) is 7.76. The molecule has 0 saturated carbocycles. The van der Waals surface area contributed by atoms with Gasteiger partial charge in [0.2, 0.25) is 5.95 Å². The minimum absolute atomic E-state index is 0.0977. The minimum Gasteiger partial charge on any atom is -0.381 e. The molecule has 23 heavy (non-hydrogen) atoms. The smallest absolute Gasteiger partial charge is 0.222 e. The van der Waals surface area contributed by atoms with Crippen molar-refractivity contribution >= 4 is 11.8 Å². The van der Waals surface area contributed by atoms with Gasteiger partial charge in [0, 0.05) is 36.9 Å². The summed E-state index contributed by atoms with van der Waals surface area (Å²) in [6.07, 6.45) is 1.76. The van der Waals surface area contributed by atoms with Gasteiger partial charge in [0.1, 0.15) is 11.6 Å². The molecule has 0 unspecified atom stereocenters. The zero-order chi connectivity index (χ0) is 16.3. The molecule has 1 aliphatic rings. The molecule has 3 N–H and O–H groups in total. The molecule has 3 rings (SSSR count). The lowest BCUT2D eigenvalue weighted by atomic mass is 9.74. The Hall–Kier alpha value is -2.21. The average molecular weight is 316 g/mol. The van der Waals surface area contributed by atoms with Crippen molar-refractivity contribution < 1.29 is 9.13 Å². The molecule has 0 amide bonds. The highest BCUT2D eigenvalue weighted by Crippen LogP contribution is 2.35. The van der Waals surface area contributed by atoms with Crippen LogP contribution in [-0.4, -0.2) is 29.7 Å². The largest absolute Gasteiger partial charge is 0.381 e. The molecule has 1 aromatic heterocycles. The number of nitrogens with two attached hydrogens (primary N) is 1. The van der Waals surface area contributed by atoms with E-state index in [1.807, 2.05) is 25.1 Å². The van der Waals surface area contributed by atoms with Crippen molar-refractivity contribution in [3.05, 3.63) is 47.4 Å². The molecule has 2 aromatic rings. The van der Waals surface area contributed by atoms with Crippen LogP contribution >= 0.6 is 0 Å². The Kier molecular flexibility index (Phi) is 4.43.